The second kappa shape index (κ2) is 5.48. The fourth-order valence-electron chi connectivity index (χ4n) is 1.15. The van der Waals surface area contributed by atoms with Crippen LogP contribution in [-0.2, 0) is 4.79 Å². The molecule has 0 aromatic heterocycles. The molecule has 0 heterocycles. The van der Waals surface area contributed by atoms with Gasteiger partial charge in [-0.05, 0) is 41.9 Å². The van der Waals surface area contributed by atoms with Crippen molar-refractivity contribution in [2.75, 3.05) is 6.54 Å². The van der Waals surface area contributed by atoms with E-state index in [0.717, 1.165) is 0 Å². The number of benzene rings is 1. The molecule has 0 saturated carbocycles. The lowest BCUT2D eigenvalue weighted by Crippen LogP contribution is -2.39. The third kappa shape index (κ3) is 3.29. The van der Waals surface area contributed by atoms with Crippen LogP contribution < -0.4 is 5.32 Å². The van der Waals surface area contributed by atoms with E-state index in [1.54, 1.807) is 0 Å². The molecule has 1 amide bonds. The average molecular weight is 318 g/mol. The lowest BCUT2D eigenvalue weighted by Gasteiger charge is -2.19. The molecule has 0 fully saturated rings. The highest BCUT2D eigenvalue weighted by atomic mass is 79.9. The molecule has 0 aliphatic rings. The van der Waals surface area contributed by atoms with E-state index in [-0.39, 0.29) is 16.6 Å². The first-order valence-electron chi connectivity index (χ1n) is 5.21. The van der Waals surface area contributed by atoms with Gasteiger partial charge in [-0.2, -0.15) is 0 Å². The monoisotopic (exact) mass is 317 g/mol. The Morgan fingerprint density at radius 1 is 1.44 bits per heavy atom. The van der Waals surface area contributed by atoms with Crippen LogP contribution in [0.1, 0.15) is 24.2 Å². The van der Waals surface area contributed by atoms with Gasteiger partial charge < -0.3 is 10.4 Å². The van der Waals surface area contributed by atoms with Crippen molar-refractivity contribution in [2.24, 2.45) is 5.41 Å². The molecule has 0 bridgehead atoms. The summed E-state index contributed by atoms with van der Waals surface area (Å²) in [4.78, 5) is 22.7. The van der Waals surface area contributed by atoms with Gasteiger partial charge in [-0.25, -0.2) is 4.39 Å². The number of carbonyl (C=O) groups excluding carboxylic acids is 1. The van der Waals surface area contributed by atoms with Crippen molar-refractivity contribution >= 4 is 27.8 Å². The number of hydrogen-bond acceptors (Lipinski definition) is 2. The summed E-state index contributed by atoms with van der Waals surface area (Å²) >= 11 is 2.98. The van der Waals surface area contributed by atoms with Gasteiger partial charge in [-0.3, -0.25) is 9.59 Å². The summed E-state index contributed by atoms with van der Waals surface area (Å²) in [5, 5.41) is 11.4. The van der Waals surface area contributed by atoms with Crippen LogP contribution in [0.3, 0.4) is 0 Å². The number of aliphatic carboxylic acids is 1. The zero-order valence-corrected chi connectivity index (χ0v) is 11.5. The number of carboxylic acid groups (broad SMARTS) is 1. The molecule has 4 nitrogen and oxygen atoms in total. The molecule has 0 spiro atoms. The highest BCUT2D eigenvalue weighted by molar-refractivity contribution is 9.10. The minimum Gasteiger partial charge on any atom is -0.481 e. The van der Waals surface area contributed by atoms with Crippen LogP contribution in [0.2, 0.25) is 0 Å². The molecular weight excluding hydrogens is 305 g/mol. The van der Waals surface area contributed by atoms with Gasteiger partial charge in [-0.15, -0.1) is 0 Å². The largest absolute Gasteiger partial charge is 0.481 e. The van der Waals surface area contributed by atoms with Gasteiger partial charge >= 0.3 is 5.97 Å². The molecule has 0 radical (unpaired) electrons. The van der Waals surface area contributed by atoms with Crippen LogP contribution in [0.25, 0.3) is 0 Å². The zero-order chi connectivity index (χ0) is 13.9. The third-order valence-corrected chi connectivity index (χ3v) is 3.27. The summed E-state index contributed by atoms with van der Waals surface area (Å²) in [7, 11) is 0. The van der Waals surface area contributed by atoms with Crippen molar-refractivity contribution in [1.82, 2.24) is 5.32 Å². The first-order valence-corrected chi connectivity index (χ1v) is 6.00. The Balaban J connectivity index is 2.78. The number of hydrogen-bond donors (Lipinski definition) is 2. The predicted octanol–water partition coefficient (Wildman–Crippen LogP) is 2.43. The van der Waals surface area contributed by atoms with E-state index in [1.807, 2.05) is 0 Å². The number of rotatable bonds is 4. The van der Waals surface area contributed by atoms with E-state index >= 15 is 0 Å². The van der Waals surface area contributed by atoms with Gasteiger partial charge in [0.05, 0.1) is 15.5 Å². The molecule has 6 heteroatoms. The fourth-order valence-corrected chi connectivity index (χ4v) is 1.60. The third-order valence-electron chi connectivity index (χ3n) is 2.47. The van der Waals surface area contributed by atoms with Gasteiger partial charge in [0.1, 0.15) is 5.82 Å². The topological polar surface area (TPSA) is 66.4 Å². The normalized spacial score (nSPS) is 11.1. The molecule has 98 valence electrons. The molecule has 2 N–H and O–H groups in total. The molecule has 1 aromatic rings. The Morgan fingerprint density at radius 3 is 2.61 bits per heavy atom. The maximum absolute atomic E-state index is 13.2. The first kappa shape index (κ1) is 14.6. The van der Waals surface area contributed by atoms with Crippen molar-refractivity contribution in [1.29, 1.82) is 0 Å². The second-order valence-electron chi connectivity index (χ2n) is 4.47. The van der Waals surface area contributed by atoms with E-state index < -0.39 is 23.1 Å². The Kier molecular flexibility index (Phi) is 4.45. The van der Waals surface area contributed by atoms with E-state index in [4.69, 9.17) is 5.11 Å². The molecule has 18 heavy (non-hydrogen) atoms. The Hall–Kier alpha value is -1.43. The second-order valence-corrected chi connectivity index (χ2v) is 5.27. The molecule has 0 aliphatic carbocycles. The molecule has 0 saturated heterocycles. The van der Waals surface area contributed by atoms with Crippen molar-refractivity contribution in [3.05, 3.63) is 34.1 Å². The zero-order valence-electron chi connectivity index (χ0n) is 9.96. The predicted molar refractivity (Wildman–Crippen MR) is 67.9 cm³/mol. The molecule has 0 atom stereocenters. The van der Waals surface area contributed by atoms with Crippen LogP contribution in [0.15, 0.2) is 22.7 Å². The summed E-state index contributed by atoms with van der Waals surface area (Å²) in [6, 6.07) is 4.09. The highest BCUT2D eigenvalue weighted by Gasteiger charge is 2.28. The Morgan fingerprint density at radius 2 is 2.06 bits per heavy atom. The molecule has 1 aromatic carbocycles. The summed E-state index contributed by atoms with van der Waals surface area (Å²) in [5.74, 6) is -2.07. The van der Waals surface area contributed by atoms with Gasteiger partial charge in [-0.1, -0.05) is 6.07 Å². The molecule has 0 aliphatic heterocycles. The van der Waals surface area contributed by atoms with Gasteiger partial charge in [0.2, 0.25) is 0 Å². The minimum absolute atomic E-state index is 0.0376. The summed E-state index contributed by atoms with van der Waals surface area (Å²) in [5.41, 5.74) is -0.939. The molecule has 1 rings (SSSR count). The maximum Gasteiger partial charge on any atom is 0.310 e. The minimum atomic E-state index is -1.07. The highest BCUT2D eigenvalue weighted by Crippen LogP contribution is 2.21. The maximum atomic E-state index is 13.2. The molecule has 0 unspecified atom stereocenters. The standard InChI is InChI=1S/C12H13BrFNO3/c1-12(2,11(17)18)6-15-10(16)7-4-3-5-8(14)9(7)13/h3-5H,6H2,1-2H3,(H,15,16)(H,17,18). The smallest absolute Gasteiger partial charge is 0.310 e. The van der Waals surface area contributed by atoms with E-state index in [0.29, 0.717) is 0 Å². The Bertz CT molecular complexity index is 488. The lowest BCUT2D eigenvalue weighted by molar-refractivity contribution is -0.146. The van der Waals surface area contributed by atoms with Gasteiger partial charge in [0.15, 0.2) is 0 Å². The SMILES string of the molecule is CC(C)(CNC(=O)c1cccc(F)c1Br)C(=O)O. The van der Waals surface area contributed by atoms with Crippen LogP contribution >= 0.6 is 15.9 Å². The van der Waals surface area contributed by atoms with Gasteiger partial charge in [0, 0.05) is 6.54 Å². The van der Waals surface area contributed by atoms with Crippen molar-refractivity contribution in [2.45, 2.75) is 13.8 Å². The van der Waals surface area contributed by atoms with Crippen molar-refractivity contribution in [3.8, 4) is 0 Å². The van der Waals surface area contributed by atoms with E-state index in [9.17, 15) is 14.0 Å². The van der Waals surface area contributed by atoms with Crippen LogP contribution in [-0.4, -0.2) is 23.5 Å². The van der Waals surface area contributed by atoms with Gasteiger partial charge in [0.25, 0.3) is 5.91 Å². The molecular formula is C12H13BrFNO3. The fraction of sp³-hybridized carbons (Fsp3) is 0.333. The average Bonchev–Trinajstić information content (AvgIpc) is 2.29. The number of nitrogens with one attached hydrogen (secondary N) is 1. The number of carbonyl (C=O) groups is 2. The summed E-state index contributed by atoms with van der Waals surface area (Å²) in [6.07, 6.45) is 0. The lowest BCUT2D eigenvalue weighted by atomic mass is 9.94. The quantitative estimate of drug-likeness (QED) is 0.896. The van der Waals surface area contributed by atoms with Crippen LogP contribution in [0.5, 0.6) is 0 Å². The summed E-state index contributed by atoms with van der Waals surface area (Å²) < 4.78 is 13.3. The van der Waals surface area contributed by atoms with Crippen LogP contribution in [0, 0.1) is 11.2 Å². The summed E-state index contributed by atoms with van der Waals surface area (Å²) in [6.45, 7) is 2.95. The number of amides is 1. The number of carboxylic acids is 1. The van der Waals surface area contributed by atoms with Crippen molar-refractivity contribution in [3.63, 3.8) is 0 Å². The number of halogens is 2. The first-order chi connectivity index (χ1) is 8.25. The van der Waals surface area contributed by atoms with E-state index in [1.165, 1.54) is 32.0 Å². The van der Waals surface area contributed by atoms with Crippen molar-refractivity contribution < 1.29 is 19.1 Å². The van der Waals surface area contributed by atoms with Crippen LogP contribution in [0.4, 0.5) is 4.39 Å². The van der Waals surface area contributed by atoms with E-state index in [2.05, 4.69) is 21.2 Å². The Labute approximate surface area is 112 Å².